The third-order valence-corrected chi connectivity index (χ3v) is 5.59. The third-order valence-electron chi connectivity index (χ3n) is 5.59. The van der Waals surface area contributed by atoms with Gasteiger partial charge < -0.3 is 14.5 Å². The average molecular weight is 439 g/mol. The quantitative estimate of drug-likeness (QED) is 0.589. The van der Waals surface area contributed by atoms with Crippen molar-refractivity contribution in [1.82, 2.24) is 24.6 Å². The van der Waals surface area contributed by atoms with E-state index in [9.17, 15) is 9.18 Å². The Hall–Kier alpha value is -3.49. The van der Waals surface area contributed by atoms with Gasteiger partial charge in [-0.05, 0) is 36.2 Å². The molecule has 1 saturated heterocycles. The summed E-state index contributed by atoms with van der Waals surface area (Å²) >= 11 is 0. The lowest BCUT2D eigenvalue weighted by Gasteiger charge is -2.34. The zero-order chi connectivity index (χ0) is 22.7. The van der Waals surface area contributed by atoms with E-state index in [4.69, 9.17) is 4.74 Å². The molecule has 0 saturated carbocycles. The van der Waals surface area contributed by atoms with Crippen molar-refractivity contribution in [2.45, 2.75) is 26.3 Å². The Labute approximate surface area is 186 Å². The number of nitrogens with zero attached hydrogens (tertiary/aromatic N) is 6. The molecule has 32 heavy (non-hydrogen) atoms. The molecule has 0 N–H and O–H groups in total. The Morgan fingerprint density at radius 1 is 1.09 bits per heavy atom. The second-order valence-corrected chi connectivity index (χ2v) is 8.06. The molecule has 8 nitrogen and oxygen atoms in total. The highest BCUT2D eigenvalue weighted by Crippen LogP contribution is 2.24. The normalized spacial score (nSPS) is 14.2. The number of halogens is 1. The molecule has 3 heterocycles. The molecule has 0 radical (unpaired) electrons. The van der Waals surface area contributed by atoms with Crippen molar-refractivity contribution in [3.63, 3.8) is 0 Å². The van der Waals surface area contributed by atoms with Crippen LogP contribution in [0.5, 0.6) is 5.75 Å². The van der Waals surface area contributed by atoms with Crippen molar-refractivity contribution in [2.75, 3.05) is 38.2 Å². The van der Waals surface area contributed by atoms with Gasteiger partial charge in [-0.3, -0.25) is 9.48 Å². The lowest BCUT2D eigenvalue weighted by atomic mass is 10.1. The largest absolute Gasteiger partial charge is 0.494 e. The van der Waals surface area contributed by atoms with Gasteiger partial charge in [0.25, 0.3) is 0 Å². The summed E-state index contributed by atoms with van der Waals surface area (Å²) in [7, 11) is 1.58. The van der Waals surface area contributed by atoms with E-state index in [0.29, 0.717) is 37.9 Å². The van der Waals surface area contributed by atoms with Gasteiger partial charge in [-0.1, -0.05) is 13.8 Å². The first-order valence-corrected chi connectivity index (χ1v) is 10.7. The van der Waals surface area contributed by atoms with Crippen molar-refractivity contribution in [3.8, 4) is 17.0 Å². The molecule has 0 spiro atoms. The molecule has 0 unspecified atom stereocenters. The molecule has 1 aromatic carbocycles. The molecule has 1 aliphatic heterocycles. The van der Waals surface area contributed by atoms with E-state index in [1.807, 2.05) is 11.0 Å². The van der Waals surface area contributed by atoms with Crippen LogP contribution in [0.25, 0.3) is 11.3 Å². The summed E-state index contributed by atoms with van der Waals surface area (Å²) in [5.41, 5.74) is 2.54. The smallest absolute Gasteiger partial charge is 0.244 e. The third kappa shape index (κ3) is 4.71. The highest BCUT2D eigenvalue weighted by atomic mass is 19.1. The highest BCUT2D eigenvalue weighted by Gasteiger charge is 2.24. The first-order chi connectivity index (χ1) is 15.4. The Morgan fingerprint density at radius 2 is 1.75 bits per heavy atom. The number of hydrogen-bond donors (Lipinski definition) is 0. The first-order valence-electron chi connectivity index (χ1n) is 10.7. The summed E-state index contributed by atoms with van der Waals surface area (Å²) in [4.78, 5) is 25.6. The molecule has 1 aliphatic rings. The molecule has 0 aliphatic carbocycles. The number of anilines is 1. The van der Waals surface area contributed by atoms with Crippen LogP contribution in [0, 0.1) is 5.82 Å². The minimum absolute atomic E-state index is 0.0240. The zero-order valence-corrected chi connectivity index (χ0v) is 18.5. The summed E-state index contributed by atoms with van der Waals surface area (Å²) in [5.74, 6) is 1.19. The van der Waals surface area contributed by atoms with Crippen LogP contribution in [0.1, 0.15) is 25.5 Å². The average Bonchev–Trinajstić information content (AvgIpc) is 3.24. The van der Waals surface area contributed by atoms with E-state index in [1.165, 1.54) is 12.1 Å². The Morgan fingerprint density at radius 3 is 2.34 bits per heavy atom. The molecule has 0 bridgehead atoms. The number of amides is 1. The number of piperazine rings is 1. The van der Waals surface area contributed by atoms with Crippen molar-refractivity contribution in [1.29, 1.82) is 0 Å². The van der Waals surface area contributed by atoms with Gasteiger partial charge in [0.15, 0.2) is 5.75 Å². The van der Waals surface area contributed by atoms with Crippen LogP contribution >= 0.6 is 0 Å². The van der Waals surface area contributed by atoms with Gasteiger partial charge in [0.1, 0.15) is 12.4 Å². The van der Waals surface area contributed by atoms with Gasteiger partial charge in [-0.2, -0.15) is 5.10 Å². The van der Waals surface area contributed by atoms with Crippen LogP contribution in [0.2, 0.25) is 0 Å². The molecule has 0 atom stereocenters. The minimum atomic E-state index is -0.286. The number of benzene rings is 1. The van der Waals surface area contributed by atoms with Crippen LogP contribution < -0.4 is 9.64 Å². The second-order valence-electron chi connectivity index (χ2n) is 8.06. The molecular formula is C23H27FN6O2. The van der Waals surface area contributed by atoms with Crippen LogP contribution in [0.3, 0.4) is 0 Å². The fourth-order valence-corrected chi connectivity index (χ4v) is 3.75. The van der Waals surface area contributed by atoms with Crippen LogP contribution in [0.15, 0.2) is 42.7 Å². The van der Waals surface area contributed by atoms with Crippen LogP contribution in [-0.2, 0) is 11.3 Å². The number of aromatic nitrogens is 4. The predicted molar refractivity (Wildman–Crippen MR) is 119 cm³/mol. The van der Waals surface area contributed by atoms with E-state index in [0.717, 1.165) is 17.0 Å². The lowest BCUT2D eigenvalue weighted by Crippen LogP contribution is -2.50. The van der Waals surface area contributed by atoms with Gasteiger partial charge >= 0.3 is 0 Å². The molecule has 9 heteroatoms. The fraction of sp³-hybridized carbons (Fsp3) is 0.391. The van der Waals surface area contributed by atoms with E-state index in [1.54, 1.807) is 36.3 Å². The second kappa shape index (κ2) is 9.33. The van der Waals surface area contributed by atoms with Gasteiger partial charge in [-0.15, -0.1) is 0 Å². The van der Waals surface area contributed by atoms with Crippen molar-refractivity contribution < 1.29 is 13.9 Å². The summed E-state index contributed by atoms with van der Waals surface area (Å²) < 4.78 is 20.1. The number of ether oxygens (including phenoxy) is 1. The summed E-state index contributed by atoms with van der Waals surface area (Å²) in [6.07, 6.45) is 3.29. The minimum Gasteiger partial charge on any atom is -0.494 e. The number of hydrogen-bond acceptors (Lipinski definition) is 6. The fourth-order valence-electron chi connectivity index (χ4n) is 3.75. The van der Waals surface area contributed by atoms with Gasteiger partial charge in [-0.25, -0.2) is 14.4 Å². The molecule has 1 fully saturated rings. The lowest BCUT2D eigenvalue weighted by molar-refractivity contribution is -0.132. The Balaban J connectivity index is 1.42. The maximum absolute atomic E-state index is 13.3. The van der Waals surface area contributed by atoms with Crippen LogP contribution in [0.4, 0.5) is 10.3 Å². The van der Waals surface area contributed by atoms with E-state index < -0.39 is 0 Å². The summed E-state index contributed by atoms with van der Waals surface area (Å²) in [6.45, 7) is 6.83. The number of carbonyl (C=O) groups is 1. The molecule has 4 rings (SSSR count). The SMILES string of the molecule is COc1cnc(N2CCN(C(=O)Cn3nc(-c4ccc(F)cc4)cc3C(C)C)CC2)nc1. The molecular weight excluding hydrogens is 411 g/mol. The zero-order valence-electron chi connectivity index (χ0n) is 18.5. The number of rotatable bonds is 6. The van der Waals surface area contributed by atoms with E-state index in [-0.39, 0.29) is 24.2 Å². The number of methoxy groups -OCH3 is 1. The molecule has 168 valence electrons. The number of carbonyl (C=O) groups excluding carboxylic acids is 1. The van der Waals surface area contributed by atoms with Gasteiger partial charge in [0.2, 0.25) is 11.9 Å². The van der Waals surface area contributed by atoms with Crippen molar-refractivity contribution in [3.05, 3.63) is 54.2 Å². The van der Waals surface area contributed by atoms with Crippen molar-refractivity contribution in [2.24, 2.45) is 0 Å². The summed E-state index contributed by atoms with van der Waals surface area (Å²) in [6, 6.07) is 8.22. The van der Waals surface area contributed by atoms with E-state index in [2.05, 4.69) is 33.8 Å². The first kappa shape index (κ1) is 21.7. The summed E-state index contributed by atoms with van der Waals surface area (Å²) in [5, 5.41) is 4.65. The Bertz CT molecular complexity index is 1060. The van der Waals surface area contributed by atoms with E-state index >= 15 is 0 Å². The van der Waals surface area contributed by atoms with Crippen molar-refractivity contribution >= 4 is 11.9 Å². The predicted octanol–water partition coefficient (Wildman–Crippen LogP) is 2.96. The monoisotopic (exact) mass is 438 g/mol. The molecule has 1 amide bonds. The molecule has 3 aromatic rings. The highest BCUT2D eigenvalue weighted by molar-refractivity contribution is 5.76. The van der Waals surface area contributed by atoms with Crippen LogP contribution in [-0.4, -0.2) is 63.8 Å². The topological polar surface area (TPSA) is 76.4 Å². The molecule has 2 aromatic heterocycles. The van der Waals surface area contributed by atoms with Gasteiger partial charge in [0.05, 0.1) is 25.2 Å². The van der Waals surface area contributed by atoms with Gasteiger partial charge in [0, 0.05) is 37.4 Å². The maximum atomic E-state index is 13.3. The maximum Gasteiger partial charge on any atom is 0.244 e. The standard InChI is InChI=1S/C23H27FN6O2/c1-16(2)21-12-20(17-4-6-18(24)7-5-17)27-30(21)15-22(31)28-8-10-29(11-9-28)23-25-13-19(32-3)14-26-23/h4-7,12-14,16H,8-11,15H2,1-3H3. The Kier molecular flexibility index (Phi) is 6.34.